The van der Waals surface area contributed by atoms with Crippen LogP contribution in [0.15, 0.2) is 60.7 Å². The molecule has 110 valence electrons. The van der Waals surface area contributed by atoms with Gasteiger partial charge in [0.25, 0.3) is 0 Å². The van der Waals surface area contributed by atoms with Crippen LogP contribution in [0.2, 0.25) is 0 Å². The fourth-order valence-corrected chi connectivity index (χ4v) is 3.92. The van der Waals surface area contributed by atoms with Gasteiger partial charge in [0.2, 0.25) is 0 Å². The van der Waals surface area contributed by atoms with Crippen molar-refractivity contribution in [1.82, 2.24) is 4.90 Å². The highest BCUT2D eigenvalue weighted by Crippen LogP contribution is 2.44. The van der Waals surface area contributed by atoms with Gasteiger partial charge in [-0.1, -0.05) is 74.0 Å². The van der Waals surface area contributed by atoms with Crippen LogP contribution < -0.4 is 0 Å². The Labute approximate surface area is 128 Å². The second kappa shape index (κ2) is 6.44. The Morgan fingerprint density at radius 3 is 2.00 bits per heavy atom. The minimum atomic E-state index is 0.537. The molecular formula is C20H25N. The van der Waals surface area contributed by atoms with E-state index in [2.05, 4.69) is 79.5 Å². The Kier molecular flexibility index (Phi) is 4.40. The van der Waals surface area contributed by atoms with Gasteiger partial charge in [0.15, 0.2) is 0 Å². The predicted octanol–water partition coefficient (Wildman–Crippen LogP) is 5.22. The summed E-state index contributed by atoms with van der Waals surface area (Å²) in [5.41, 5.74) is 2.92. The van der Waals surface area contributed by atoms with Gasteiger partial charge < -0.3 is 0 Å². The van der Waals surface area contributed by atoms with Crippen molar-refractivity contribution in [3.63, 3.8) is 0 Å². The third-order valence-electron chi connectivity index (χ3n) is 5.04. The minimum Gasteiger partial charge on any atom is -0.292 e. The second-order valence-electron chi connectivity index (χ2n) is 6.19. The Morgan fingerprint density at radius 1 is 0.857 bits per heavy atom. The van der Waals surface area contributed by atoms with Crippen LogP contribution in [0.1, 0.15) is 49.4 Å². The molecule has 2 aromatic carbocycles. The molecule has 1 nitrogen and oxygen atoms in total. The zero-order valence-electron chi connectivity index (χ0n) is 13.1. The third kappa shape index (κ3) is 2.89. The molecule has 0 bridgehead atoms. The van der Waals surface area contributed by atoms with Crippen LogP contribution in [0, 0.1) is 5.92 Å². The minimum absolute atomic E-state index is 0.537. The van der Waals surface area contributed by atoms with E-state index < -0.39 is 0 Å². The van der Waals surface area contributed by atoms with E-state index in [9.17, 15) is 0 Å². The normalized spacial score (nSPS) is 26.7. The Balaban J connectivity index is 1.92. The van der Waals surface area contributed by atoms with Crippen LogP contribution in [0.5, 0.6) is 0 Å². The Hall–Kier alpha value is -1.60. The van der Waals surface area contributed by atoms with Crippen molar-refractivity contribution in [1.29, 1.82) is 0 Å². The molecular weight excluding hydrogens is 254 g/mol. The van der Waals surface area contributed by atoms with E-state index in [1.165, 1.54) is 30.4 Å². The van der Waals surface area contributed by atoms with Gasteiger partial charge in [-0.05, 0) is 36.9 Å². The van der Waals surface area contributed by atoms with Crippen molar-refractivity contribution in [2.75, 3.05) is 7.05 Å². The van der Waals surface area contributed by atoms with Crippen molar-refractivity contribution in [2.24, 2.45) is 5.92 Å². The van der Waals surface area contributed by atoms with E-state index in [-0.39, 0.29) is 0 Å². The van der Waals surface area contributed by atoms with Gasteiger partial charge in [0, 0.05) is 12.1 Å². The van der Waals surface area contributed by atoms with Crippen molar-refractivity contribution < 1.29 is 0 Å². The maximum atomic E-state index is 2.60. The van der Waals surface area contributed by atoms with Crippen LogP contribution in [0.3, 0.4) is 0 Å². The number of piperidine rings is 1. The summed E-state index contributed by atoms with van der Waals surface area (Å²) in [6, 6.07) is 23.1. The summed E-state index contributed by atoms with van der Waals surface area (Å²) in [5.74, 6) is 0.761. The third-order valence-corrected chi connectivity index (χ3v) is 5.04. The number of rotatable bonds is 3. The van der Waals surface area contributed by atoms with Crippen LogP contribution in [-0.2, 0) is 0 Å². The summed E-state index contributed by atoms with van der Waals surface area (Å²) in [6.45, 7) is 2.33. The summed E-state index contributed by atoms with van der Waals surface area (Å²) in [4.78, 5) is 2.60. The zero-order valence-corrected chi connectivity index (χ0v) is 13.1. The summed E-state index contributed by atoms with van der Waals surface area (Å²) in [7, 11) is 2.30. The highest BCUT2D eigenvalue weighted by molar-refractivity contribution is 5.24. The molecule has 1 aliphatic rings. The lowest BCUT2D eigenvalue weighted by Crippen LogP contribution is -2.38. The van der Waals surface area contributed by atoms with Gasteiger partial charge in [-0.25, -0.2) is 0 Å². The van der Waals surface area contributed by atoms with E-state index in [1.807, 2.05) is 0 Å². The van der Waals surface area contributed by atoms with Gasteiger partial charge in [0.05, 0.1) is 0 Å². The molecule has 1 aliphatic heterocycles. The average Bonchev–Trinajstić information content (AvgIpc) is 2.56. The Bertz CT molecular complexity index is 549. The van der Waals surface area contributed by atoms with Gasteiger partial charge >= 0.3 is 0 Å². The summed E-state index contributed by atoms with van der Waals surface area (Å²) < 4.78 is 0. The number of hydrogen-bond acceptors (Lipinski definition) is 1. The molecule has 0 N–H and O–H groups in total. The first-order valence-corrected chi connectivity index (χ1v) is 8.13. The van der Waals surface area contributed by atoms with E-state index >= 15 is 0 Å². The van der Waals surface area contributed by atoms with Crippen molar-refractivity contribution in [3.05, 3.63) is 71.8 Å². The molecule has 1 fully saturated rings. The van der Waals surface area contributed by atoms with Gasteiger partial charge in [-0.3, -0.25) is 4.90 Å². The molecule has 3 rings (SSSR count). The standard InChI is InChI=1S/C20H25N/c1-3-16-14-15-19(17-10-6-4-7-11-17)21(2)20(16)18-12-8-5-9-13-18/h4-13,16,19-20H,3,14-15H2,1-2H3. The van der Waals surface area contributed by atoms with Crippen molar-refractivity contribution in [3.8, 4) is 0 Å². The van der Waals surface area contributed by atoms with E-state index in [1.54, 1.807) is 0 Å². The summed E-state index contributed by atoms with van der Waals surface area (Å²) >= 11 is 0. The first-order valence-electron chi connectivity index (χ1n) is 8.13. The molecule has 1 saturated heterocycles. The molecule has 2 aromatic rings. The predicted molar refractivity (Wildman–Crippen MR) is 89.1 cm³/mol. The quantitative estimate of drug-likeness (QED) is 0.744. The topological polar surface area (TPSA) is 3.24 Å². The van der Waals surface area contributed by atoms with E-state index in [0.29, 0.717) is 12.1 Å². The SMILES string of the molecule is CCC1CCC(c2ccccc2)N(C)C1c1ccccc1. The fourth-order valence-electron chi connectivity index (χ4n) is 3.92. The molecule has 3 unspecified atom stereocenters. The molecule has 3 atom stereocenters. The first-order chi connectivity index (χ1) is 10.3. The number of likely N-dealkylation sites (tertiary alicyclic amines) is 1. The fraction of sp³-hybridized carbons (Fsp3) is 0.400. The first kappa shape index (κ1) is 14.3. The monoisotopic (exact) mass is 279 g/mol. The Morgan fingerprint density at radius 2 is 1.43 bits per heavy atom. The molecule has 0 amide bonds. The van der Waals surface area contributed by atoms with E-state index in [4.69, 9.17) is 0 Å². The van der Waals surface area contributed by atoms with Gasteiger partial charge in [-0.15, -0.1) is 0 Å². The van der Waals surface area contributed by atoms with E-state index in [0.717, 1.165) is 5.92 Å². The van der Waals surface area contributed by atoms with Gasteiger partial charge in [-0.2, -0.15) is 0 Å². The summed E-state index contributed by atoms with van der Waals surface area (Å²) in [6.07, 6.45) is 3.84. The number of benzene rings is 2. The zero-order chi connectivity index (χ0) is 14.7. The number of hydrogen-bond donors (Lipinski definition) is 0. The second-order valence-corrected chi connectivity index (χ2v) is 6.19. The van der Waals surface area contributed by atoms with Crippen molar-refractivity contribution >= 4 is 0 Å². The van der Waals surface area contributed by atoms with Gasteiger partial charge in [0.1, 0.15) is 0 Å². The maximum absolute atomic E-state index is 2.60. The lowest BCUT2D eigenvalue weighted by atomic mass is 9.79. The van der Waals surface area contributed by atoms with Crippen LogP contribution in [0.4, 0.5) is 0 Å². The molecule has 0 saturated carbocycles. The molecule has 0 aliphatic carbocycles. The molecule has 1 heteroatoms. The maximum Gasteiger partial charge on any atom is 0.0379 e. The lowest BCUT2D eigenvalue weighted by molar-refractivity contribution is 0.0608. The van der Waals surface area contributed by atoms with Crippen LogP contribution in [0.25, 0.3) is 0 Å². The van der Waals surface area contributed by atoms with Crippen LogP contribution in [-0.4, -0.2) is 11.9 Å². The van der Waals surface area contributed by atoms with Crippen LogP contribution >= 0.6 is 0 Å². The van der Waals surface area contributed by atoms with Crippen molar-refractivity contribution in [2.45, 2.75) is 38.3 Å². The molecule has 0 radical (unpaired) electrons. The average molecular weight is 279 g/mol. The largest absolute Gasteiger partial charge is 0.292 e. The lowest BCUT2D eigenvalue weighted by Gasteiger charge is -2.45. The molecule has 0 spiro atoms. The smallest absolute Gasteiger partial charge is 0.0379 e. The highest BCUT2D eigenvalue weighted by atomic mass is 15.2. The summed E-state index contributed by atoms with van der Waals surface area (Å²) in [5, 5.41) is 0. The molecule has 0 aromatic heterocycles. The molecule has 21 heavy (non-hydrogen) atoms. The molecule has 1 heterocycles. The highest BCUT2D eigenvalue weighted by Gasteiger charge is 2.35. The number of nitrogens with zero attached hydrogens (tertiary/aromatic N) is 1.